The number of carbonyl (C=O) groups excluding carboxylic acids is 2. The maximum atomic E-state index is 12.7. The van der Waals surface area contributed by atoms with E-state index in [9.17, 15) is 9.59 Å². The highest BCUT2D eigenvalue weighted by Crippen LogP contribution is 2.18. The Balaban J connectivity index is 1.29. The zero-order chi connectivity index (χ0) is 17.9. The van der Waals surface area contributed by atoms with Crippen molar-refractivity contribution in [2.45, 2.75) is 18.9 Å². The molecule has 26 heavy (non-hydrogen) atoms. The van der Waals surface area contributed by atoms with Crippen molar-refractivity contribution < 1.29 is 9.59 Å². The maximum Gasteiger partial charge on any atom is 0.253 e. The minimum atomic E-state index is 0.0408. The van der Waals surface area contributed by atoms with Gasteiger partial charge in [0.25, 0.3) is 5.91 Å². The van der Waals surface area contributed by atoms with E-state index in [0.29, 0.717) is 31.2 Å². The summed E-state index contributed by atoms with van der Waals surface area (Å²) < 4.78 is 1.76. The molecule has 2 amide bonds. The Morgan fingerprint density at radius 2 is 1.81 bits per heavy atom. The summed E-state index contributed by atoms with van der Waals surface area (Å²) in [6, 6.07) is 9.75. The quantitative estimate of drug-likeness (QED) is 0.867. The minimum absolute atomic E-state index is 0.0408. The zero-order valence-electron chi connectivity index (χ0n) is 14.7. The Morgan fingerprint density at radius 1 is 1.08 bits per heavy atom. The van der Waals surface area contributed by atoms with E-state index in [1.807, 2.05) is 41.4 Å². The van der Waals surface area contributed by atoms with Crippen LogP contribution in [-0.4, -0.2) is 70.2 Å². The number of aromatic nitrogens is 2. The topological polar surface area (TPSA) is 70.5 Å². The summed E-state index contributed by atoms with van der Waals surface area (Å²) in [5, 5.41) is 7.20. The van der Waals surface area contributed by atoms with Crippen LogP contribution in [0.15, 0.2) is 42.7 Å². The highest BCUT2D eigenvalue weighted by molar-refractivity contribution is 5.94. The van der Waals surface area contributed by atoms with Gasteiger partial charge in [-0.15, -0.1) is 0 Å². The molecule has 1 saturated carbocycles. The summed E-state index contributed by atoms with van der Waals surface area (Å²) >= 11 is 0. The lowest BCUT2D eigenvalue weighted by molar-refractivity contribution is -0.122. The molecule has 4 rings (SSSR count). The Labute approximate surface area is 152 Å². The van der Waals surface area contributed by atoms with Crippen molar-refractivity contribution in [1.82, 2.24) is 24.9 Å². The van der Waals surface area contributed by atoms with Crippen molar-refractivity contribution in [1.29, 1.82) is 0 Å². The molecule has 1 aliphatic carbocycles. The Bertz CT molecular complexity index is 760. The van der Waals surface area contributed by atoms with Gasteiger partial charge in [0.2, 0.25) is 5.91 Å². The van der Waals surface area contributed by atoms with Crippen molar-refractivity contribution >= 4 is 11.8 Å². The summed E-state index contributed by atoms with van der Waals surface area (Å²) in [4.78, 5) is 28.5. The van der Waals surface area contributed by atoms with Crippen molar-refractivity contribution in [2.24, 2.45) is 0 Å². The van der Waals surface area contributed by atoms with Gasteiger partial charge >= 0.3 is 0 Å². The van der Waals surface area contributed by atoms with E-state index >= 15 is 0 Å². The fourth-order valence-electron chi connectivity index (χ4n) is 3.17. The number of benzene rings is 1. The molecule has 0 atom stereocenters. The van der Waals surface area contributed by atoms with Crippen LogP contribution < -0.4 is 5.32 Å². The molecule has 1 N–H and O–H groups in total. The molecular formula is C19H23N5O2. The van der Waals surface area contributed by atoms with Crippen molar-refractivity contribution in [3.8, 4) is 5.69 Å². The van der Waals surface area contributed by atoms with Crippen LogP contribution in [0, 0.1) is 0 Å². The van der Waals surface area contributed by atoms with Crippen molar-refractivity contribution in [3.05, 3.63) is 48.3 Å². The average molecular weight is 353 g/mol. The fourth-order valence-corrected chi connectivity index (χ4v) is 3.17. The molecule has 0 bridgehead atoms. The molecule has 0 radical (unpaired) electrons. The lowest BCUT2D eigenvalue weighted by Gasteiger charge is -2.34. The smallest absolute Gasteiger partial charge is 0.253 e. The molecule has 2 fully saturated rings. The van der Waals surface area contributed by atoms with E-state index in [-0.39, 0.29) is 11.8 Å². The lowest BCUT2D eigenvalue weighted by atomic mass is 10.1. The van der Waals surface area contributed by atoms with Crippen LogP contribution in [0.1, 0.15) is 23.2 Å². The first kappa shape index (κ1) is 16.8. The average Bonchev–Trinajstić information content (AvgIpc) is 3.30. The normalized spacial score (nSPS) is 17.9. The highest BCUT2D eigenvalue weighted by atomic mass is 16.2. The zero-order valence-corrected chi connectivity index (χ0v) is 14.7. The van der Waals surface area contributed by atoms with Gasteiger partial charge < -0.3 is 10.2 Å². The molecule has 2 heterocycles. The summed E-state index contributed by atoms with van der Waals surface area (Å²) in [7, 11) is 0. The van der Waals surface area contributed by atoms with Gasteiger partial charge in [-0.25, -0.2) is 4.68 Å². The van der Waals surface area contributed by atoms with Crippen molar-refractivity contribution in [3.63, 3.8) is 0 Å². The van der Waals surface area contributed by atoms with E-state index < -0.39 is 0 Å². The van der Waals surface area contributed by atoms with Gasteiger partial charge in [-0.2, -0.15) is 5.10 Å². The third-order valence-electron chi connectivity index (χ3n) is 4.85. The molecule has 2 aromatic rings. The summed E-state index contributed by atoms with van der Waals surface area (Å²) in [6.45, 7) is 3.19. The lowest BCUT2D eigenvalue weighted by Crippen LogP contribution is -2.51. The first-order chi connectivity index (χ1) is 12.7. The monoisotopic (exact) mass is 353 g/mol. The van der Waals surface area contributed by atoms with E-state index in [2.05, 4.69) is 15.3 Å². The Hall–Kier alpha value is -2.67. The van der Waals surface area contributed by atoms with E-state index in [1.54, 1.807) is 10.9 Å². The second-order valence-electron chi connectivity index (χ2n) is 6.91. The number of piperazine rings is 1. The number of hydrogen-bond acceptors (Lipinski definition) is 4. The van der Waals surface area contributed by atoms with Gasteiger partial charge in [0.05, 0.1) is 12.2 Å². The first-order valence-corrected chi connectivity index (χ1v) is 9.10. The van der Waals surface area contributed by atoms with Crippen LogP contribution in [0.3, 0.4) is 0 Å². The van der Waals surface area contributed by atoms with Gasteiger partial charge in [0.15, 0.2) is 0 Å². The molecule has 136 valence electrons. The number of nitrogens with one attached hydrogen (secondary N) is 1. The summed E-state index contributed by atoms with van der Waals surface area (Å²) in [5.74, 6) is 0.139. The van der Waals surface area contributed by atoms with Crippen LogP contribution in [0.25, 0.3) is 5.69 Å². The molecular weight excluding hydrogens is 330 g/mol. The molecule has 2 aliphatic rings. The van der Waals surface area contributed by atoms with Crippen LogP contribution in [0.4, 0.5) is 0 Å². The summed E-state index contributed by atoms with van der Waals surface area (Å²) in [6.07, 6.45) is 5.80. The number of nitrogens with zero attached hydrogens (tertiary/aromatic N) is 4. The van der Waals surface area contributed by atoms with E-state index in [0.717, 1.165) is 31.6 Å². The molecule has 7 nitrogen and oxygen atoms in total. The van der Waals surface area contributed by atoms with E-state index in [4.69, 9.17) is 0 Å². The van der Waals surface area contributed by atoms with Crippen LogP contribution >= 0.6 is 0 Å². The SMILES string of the molecule is O=C(CN1CCN(C(=O)c2ccc(-n3cccn3)cc2)CC1)NC1CC1. The van der Waals surface area contributed by atoms with Gasteiger partial charge in [0, 0.05) is 50.2 Å². The summed E-state index contributed by atoms with van der Waals surface area (Å²) in [5.41, 5.74) is 1.61. The fraction of sp³-hybridized carbons (Fsp3) is 0.421. The maximum absolute atomic E-state index is 12.7. The molecule has 1 aliphatic heterocycles. The Kier molecular flexibility index (Phi) is 4.71. The van der Waals surface area contributed by atoms with Crippen molar-refractivity contribution in [2.75, 3.05) is 32.7 Å². The van der Waals surface area contributed by atoms with Gasteiger partial charge in [-0.3, -0.25) is 14.5 Å². The molecule has 0 spiro atoms. The van der Waals surface area contributed by atoms with Gasteiger partial charge in [-0.05, 0) is 43.2 Å². The third-order valence-corrected chi connectivity index (χ3v) is 4.85. The second kappa shape index (κ2) is 7.29. The number of amides is 2. The molecule has 0 unspecified atom stereocenters. The van der Waals surface area contributed by atoms with Crippen LogP contribution in [0.2, 0.25) is 0 Å². The second-order valence-corrected chi connectivity index (χ2v) is 6.91. The largest absolute Gasteiger partial charge is 0.352 e. The predicted molar refractivity (Wildman–Crippen MR) is 97.1 cm³/mol. The van der Waals surface area contributed by atoms with Crippen LogP contribution in [0.5, 0.6) is 0 Å². The number of hydrogen-bond donors (Lipinski definition) is 1. The molecule has 7 heteroatoms. The number of carbonyl (C=O) groups is 2. The Morgan fingerprint density at radius 3 is 2.42 bits per heavy atom. The molecule has 1 saturated heterocycles. The molecule has 1 aromatic carbocycles. The van der Waals surface area contributed by atoms with E-state index in [1.165, 1.54) is 0 Å². The minimum Gasteiger partial charge on any atom is -0.352 e. The van der Waals surface area contributed by atoms with Gasteiger partial charge in [-0.1, -0.05) is 0 Å². The van der Waals surface area contributed by atoms with Gasteiger partial charge in [0.1, 0.15) is 0 Å². The highest BCUT2D eigenvalue weighted by Gasteiger charge is 2.26. The third kappa shape index (κ3) is 3.94. The van der Waals surface area contributed by atoms with Crippen LogP contribution in [-0.2, 0) is 4.79 Å². The molecule has 1 aromatic heterocycles. The standard InChI is InChI=1S/C19H23N5O2/c25-18(21-16-4-5-16)14-22-10-12-23(13-11-22)19(26)15-2-6-17(7-3-15)24-9-1-8-20-24/h1-3,6-9,16H,4-5,10-14H2,(H,21,25). The predicted octanol–water partition coefficient (Wildman–Crippen LogP) is 0.909. The number of rotatable bonds is 5. The first-order valence-electron chi connectivity index (χ1n) is 9.10.